The molecule has 24 heavy (non-hydrogen) atoms. The van der Waals surface area contributed by atoms with Crippen LogP contribution in [0.3, 0.4) is 0 Å². The van der Waals surface area contributed by atoms with Crippen molar-refractivity contribution >= 4 is 11.9 Å². The Labute approximate surface area is 141 Å². The molecule has 0 aliphatic heterocycles. The zero-order valence-corrected chi connectivity index (χ0v) is 14.2. The first-order valence-electron chi connectivity index (χ1n) is 8.18. The summed E-state index contributed by atoms with van der Waals surface area (Å²) in [5.74, 6) is -1.10. The number of carbonyl (C=O) groups excluding carboxylic acids is 1. The van der Waals surface area contributed by atoms with E-state index in [1.807, 2.05) is 44.2 Å². The van der Waals surface area contributed by atoms with Gasteiger partial charge in [0.1, 0.15) is 5.76 Å². The summed E-state index contributed by atoms with van der Waals surface area (Å²) >= 11 is 0. The van der Waals surface area contributed by atoms with Gasteiger partial charge < -0.3 is 14.8 Å². The van der Waals surface area contributed by atoms with Gasteiger partial charge >= 0.3 is 5.97 Å². The summed E-state index contributed by atoms with van der Waals surface area (Å²) in [6, 6.07) is 10.2. The van der Waals surface area contributed by atoms with Gasteiger partial charge in [0.25, 0.3) is 5.91 Å². The van der Waals surface area contributed by atoms with Gasteiger partial charge in [0, 0.05) is 6.42 Å². The van der Waals surface area contributed by atoms with Gasteiger partial charge in [0.05, 0.1) is 12.0 Å². The van der Waals surface area contributed by atoms with Crippen LogP contribution in [0.2, 0.25) is 0 Å². The molecule has 2 aromatic rings. The maximum atomic E-state index is 12.6. The minimum absolute atomic E-state index is 0.224. The smallest absolute Gasteiger partial charge is 0.308 e. The van der Waals surface area contributed by atoms with E-state index >= 15 is 0 Å². The lowest BCUT2D eigenvalue weighted by atomic mass is 9.94. The van der Waals surface area contributed by atoms with Crippen molar-refractivity contribution < 1.29 is 19.1 Å². The highest BCUT2D eigenvalue weighted by Crippen LogP contribution is 2.24. The summed E-state index contributed by atoms with van der Waals surface area (Å²) in [4.78, 5) is 24.0. The number of carboxylic acids is 1. The summed E-state index contributed by atoms with van der Waals surface area (Å²) in [6.45, 7) is 5.56. The molecule has 0 aliphatic carbocycles. The van der Waals surface area contributed by atoms with Crippen molar-refractivity contribution in [2.45, 2.75) is 39.7 Å². The number of benzene rings is 1. The third kappa shape index (κ3) is 3.85. The molecule has 5 heteroatoms. The van der Waals surface area contributed by atoms with Crippen LogP contribution in [0.5, 0.6) is 0 Å². The molecule has 0 radical (unpaired) electrons. The summed E-state index contributed by atoms with van der Waals surface area (Å²) in [5.41, 5.74) is 1.75. The maximum absolute atomic E-state index is 12.6. The van der Waals surface area contributed by atoms with Crippen LogP contribution >= 0.6 is 0 Å². The van der Waals surface area contributed by atoms with Gasteiger partial charge in [-0.1, -0.05) is 44.2 Å². The average Bonchev–Trinajstić information content (AvgIpc) is 3.03. The van der Waals surface area contributed by atoms with Crippen molar-refractivity contribution in [2.75, 3.05) is 0 Å². The van der Waals surface area contributed by atoms with Gasteiger partial charge in [0.2, 0.25) is 0 Å². The fraction of sp³-hybridized carbons (Fsp3) is 0.368. The minimum atomic E-state index is -0.966. The number of nitrogens with one attached hydrogen (secondary N) is 1. The van der Waals surface area contributed by atoms with Crippen molar-refractivity contribution in [3.05, 3.63) is 59.0 Å². The molecule has 1 aromatic carbocycles. The lowest BCUT2D eigenvalue weighted by Gasteiger charge is -2.22. The Morgan fingerprint density at radius 2 is 1.83 bits per heavy atom. The predicted molar refractivity (Wildman–Crippen MR) is 90.9 cm³/mol. The Kier molecular flexibility index (Phi) is 5.79. The molecule has 2 atom stereocenters. The molecule has 5 nitrogen and oxygen atoms in total. The van der Waals surface area contributed by atoms with E-state index in [1.165, 1.54) is 0 Å². The van der Waals surface area contributed by atoms with Gasteiger partial charge in [-0.3, -0.25) is 9.59 Å². The van der Waals surface area contributed by atoms with Gasteiger partial charge in [-0.25, -0.2) is 0 Å². The summed E-state index contributed by atoms with van der Waals surface area (Å²) in [6.07, 6.45) is 1.50. The van der Waals surface area contributed by atoms with E-state index in [0.29, 0.717) is 6.42 Å². The van der Waals surface area contributed by atoms with Crippen LogP contribution < -0.4 is 5.32 Å². The quantitative estimate of drug-likeness (QED) is 0.813. The van der Waals surface area contributed by atoms with E-state index in [1.54, 1.807) is 13.0 Å². The lowest BCUT2D eigenvalue weighted by molar-refractivity contribution is -0.142. The molecule has 128 valence electrons. The largest absolute Gasteiger partial charge is 0.481 e. The number of hydrogen-bond donors (Lipinski definition) is 2. The number of aryl methyl sites for hydroxylation is 2. The number of amides is 1. The van der Waals surface area contributed by atoms with Gasteiger partial charge in [-0.2, -0.15) is 0 Å². The number of furan rings is 1. The number of rotatable bonds is 7. The Hall–Kier alpha value is -2.56. The van der Waals surface area contributed by atoms with E-state index < -0.39 is 23.8 Å². The molecule has 0 saturated carbocycles. The standard InChI is InChI=1S/C19H23NO4/c1-4-13-11-16(24-15(13)5-2)18(21)20-17(12(3)19(22)23)14-9-7-6-8-10-14/h6-12,17H,4-5H2,1-3H3,(H,20,21)(H,22,23). The Morgan fingerprint density at radius 1 is 1.17 bits per heavy atom. The molecule has 0 saturated heterocycles. The molecular weight excluding hydrogens is 306 g/mol. The van der Waals surface area contributed by atoms with Crippen molar-refractivity contribution in [3.8, 4) is 0 Å². The van der Waals surface area contributed by atoms with Crippen molar-refractivity contribution in [1.29, 1.82) is 0 Å². The predicted octanol–water partition coefficient (Wildman–Crippen LogP) is 3.60. The third-order valence-electron chi connectivity index (χ3n) is 4.16. The molecule has 0 aliphatic rings. The molecule has 2 N–H and O–H groups in total. The van der Waals surface area contributed by atoms with E-state index in [2.05, 4.69) is 5.32 Å². The highest BCUT2D eigenvalue weighted by atomic mass is 16.4. The number of carboxylic acid groups (broad SMARTS) is 1. The monoisotopic (exact) mass is 329 g/mol. The molecule has 2 rings (SSSR count). The van der Waals surface area contributed by atoms with Gasteiger partial charge in [-0.05, 0) is 30.5 Å². The van der Waals surface area contributed by atoms with E-state index in [0.717, 1.165) is 23.3 Å². The highest BCUT2D eigenvalue weighted by Gasteiger charge is 2.28. The normalized spacial score (nSPS) is 13.3. The number of hydrogen-bond acceptors (Lipinski definition) is 3. The third-order valence-corrected chi connectivity index (χ3v) is 4.16. The van der Waals surface area contributed by atoms with Crippen LogP contribution in [0, 0.1) is 5.92 Å². The zero-order chi connectivity index (χ0) is 17.7. The summed E-state index contributed by atoms with van der Waals surface area (Å²) < 4.78 is 5.63. The number of aliphatic carboxylic acids is 1. The van der Waals surface area contributed by atoms with Crippen LogP contribution in [-0.4, -0.2) is 17.0 Å². The second-order valence-electron chi connectivity index (χ2n) is 5.75. The minimum Gasteiger partial charge on any atom is -0.481 e. The molecule has 0 bridgehead atoms. The summed E-state index contributed by atoms with van der Waals surface area (Å²) in [5, 5.41) is 12.2. The first kappa shape index (κ1) is 17.8. The van der Waals surface area contributed by atoms with Gasteiger partial charge in [-0.15, -0.1) is 0 Å². The molecule has 2 unspecified atom stereocenters. The molecule has 1 amide bonds. The van der Waals surface area contributed by atoms with E-state index in [-0.39, 0.29) is 5.76 Å². The highest BCUT2D eigenvalue weighted by molar-refractivity contribution is 5.92. The Morgan fingerprint density at radius 3 is 2.33 bits per heavy atom. The topological polar surface area (TPSA) is 79.5 Å². The molecule has 0 fully saturated rings. The Bertz CT molecular complexity index is 684. The first-order valence-corrected chi connectivity index (χ1v) is 8.18. The lowest BCUT2D eigenvalue weighted by Crippen LogP contribution is -2.35. The zero-order valence-electron chi connectivity index (χ0n) is 14.2. The molecule has 0 spiro atoms. The maximum Gasteiger partial charge on any atom is 0.308 e. The fourth-order valence-corrected chi connectivity index (χ4v) is 2.69. The Balaban J connectivity index is 2.27. The van der Waals surface area contributed by atoms with Crippen molar-refractivity contribution in [1.82, 2.24) is 5.32 Å². The SMILES string of the molecule is CCc1cc(C(=O)NC(c2ccccc2)C(C)C(=O)O)oc1CC. The second-order valence-corrected chi connectivity index (χ2v) is 5.75. The van der Waals surface area contributed by atoms with Crippen LogP contribution in [0.15, 0.2) is 40.8 Å². The van der Waals surface area contributed by atoms with Crippen LogP contribution in [0.4, 0.5) is 0 Å². The summed E-state index contributed by atoms with van der Waals surface area (Å²) in [7, 11) is 0. The van der Waals surface area contributed by atoms with Gasteiger partial charge in [0.15, 0.2) is 5.76 Å². The molecule has 1 heterocycles. The number of carbonyl (C=O) groups is 2. The van der Waals surface area contributed by atoms with Crippen molar-refractivity contribution in [2.24, 2.45) is 5.92 Å². The van der Waals surface area contributed by atoms with Crippen molar-refractivity contribution in [3.63, 3.8) is 0 Å². The second kappa shape index (κ2) is 7.81. The van der Waals surface area contributed by atoms with E-state index in [9.17, 15) is 14.7 Å². The molecular formula is C19H23NO4. The van der Waals surface area contributed by atoms with Crippen LogP contribution in [-0.2, 0) is 17.6 Å². The first-order chi connectivity index (χ1) is 11.5. The van der Waals surface area contributed by atoms with E-state index in [4.69, 9.17) is 4.42 Å². The molecule has 1 aromatic heterocycles. The average molecular weight is 329 g/mol. The fourth-order valence-electron chi connectivity index (χ4n) is 2.69. The van der Waals surface area contributed by atoms with Crippen LogP contribution in [0.1, 0.15) is 54.3 Å². The van der Waals surface area contributed by atoms with Crippen LogP contribution in [0.25, 0.3) is 0 Å².